The first-order chi connectivity index (χ1) is 8.79. The van der Waals surface area contributed by atoms with Gasteiger partial charge < -0.3 is 0 Å². The molecule has 0 aromatic carbocycles. The van der Waals surface area contributed by atoms with E-state index in [2.05, 4.69) is 74.4 Å². The zero-order valence-corrected chi connectivity index (χ0v) is 14.2. The first-order valence-electron chi connectivity index (χ1n) is 4.47. The van der Waals surface area contributed by atoms with Crippen molar-refractivity contribution in [1.82, 2.24) is 19.9 Å². The maximum Gasteiger partial charge on any atom is 0.451 e. The summed E-state index contributed by atoms with van der Waals surface area (Å²) in [5.41, 5.74) is 0. The molecule has 19 heavy (non-hydrogen) atoms. The zero-order valence-electron chi connectivity index (χ0n) is 8.87. The molecule has 2 aromatic rings. The fourth-order valence-electron chi connectivity index (χ4n) is 0.755. The van der Waals surface area contributed by atoms with Gasteiger partial charge in [-0.2, -0.15) is 13.2 Å². The molecule has 102 valence electrons. The van der Waals surface area contributed by atoms with Gasteiger partial charge in [-0.05, 0) is 31.9 Å². The third-order valence-corrected chi connectivity index (χ3v) is 2.84. The largest absolute Gasteiger partial charge is 0.451 e. The van der Waals surface area contributed by atoms with Crippen molar-refractivity contribution >= 4 is 54.5 Å². The molecule has 0 aliphatic carbocycles. The molecule has 0 aliphatic heterocycles. The van der Waals surface area contributed by atoms with E-state index in [1.54, 1.807) is 12.4 Å². The summed E-state index contributed by atoms with van der Waals surface area (Å²) in [6.07, 6.45) is 1.08. The van der Waals surface area contributed by atoms with Crippen molar-refractivity contribution in [2.45, 2.75) is 6.18 Å². The second-order valence-electron chi connectivity index (χ2n) is 2.89. The molecule has 0 amide bonds. The highest BCUT2D eigenvalue weighted by Crippen LogP contribution is 2.25. The van der Waals surface area contributed by atoms with Crippen molar-refractivity contribution < 1.29 is 13.2 Å². The lowest BCUT2D eigenvalue weighted by Gasteiger charge is -2.02. The summed E-state index contributed by atoms with van der Waals surface area (Å²) in [5.74, 6) is -1.12. The normalized spacial score (nSPS) is 10.6. The van der Waals surface area contributed by atoms with Crippen LogP contribution in [0.15, 0.2) is 33.7 Å². The second-order valence-corrected chi connectivity index (χ2v) is 5.69. The predicted molar refractivity (Wildman–Crippen MR) is 77.2 cm³/mol. The van der Waals surface area contributed by atoms with Crippen LogP contribution in [-0.4, -0.2) is 19.9 Å². The maximum atomic E-state index is 11.8. The summed E-state index contributed by atoms with van der Waals surface area (Å²) in [6, 6.07) is 0. The minimum Gasteiger partial charge on any atom is -0.232 e. The third kappa shape index (κ3) is 6.56. The van der Waals surface area contributed by atoms with E-state index < -0.39 is 12.0 Å². The van der Waals surface area contributed by atoms with Gasteiger partial charge >= 0.3 is 6.18 Å². The highest BCUT2D eigenvalue weighted by Gasteiger charge is 2.34. The van der Waals surface area contributed by atoms with Crippen LogP contribution < -0.4 is 0 Å². The van der Waals surface area contributed by atoms with Gasteiger partial charge in [-0.25, -0.2) is 19.9 Å². The van der Waals surface area contributed by atoms with Crippen LogP contribution in [-0.2, 0) is 6.18 Å². The number of rotatable bonds is 0. The number of nitrogens with zero attached hydrogens (tertiary/aromatic N) is 4. The Morgan fingerprint density at radius 3 is 1.53 bits per heavy atom. The van der Waals surface area contributed by atoms with E-state index in [-0.39, 0.29) is 0 Å². The van der Waals surface area contributed by atoms with E-state index in [9.17, 15) is 13.2 Å². The monoisotopic (exact) mass is 510 g/mol. The van der Waals surface area contributed by atoms with Gasteiger partial charge in [-0.15, -0.1) is 0 Å². The smallest absolute Gasteiger partial charge is 0.232 e. The average Bonchev–Trinajstić information content (AvgIpc) is 2.33. The topological polar surface area (TPSA) is 51.6 Å². The molecule has 0 fully saturated rings. The van der Waals surface area contributed by atoms with Crippen LogP contribution in [0.3, 0.4) is 0 Å². The van der Waals surface area contributed by atoms with Gasteiger partial charge in [-0.1, -0.05) is 0 Å². The highest BCUT2D eigenvalue weighted by molar-refractivity contribution is 14.1. The second kappa shape index (κ2) is 7.43. The summed E-state index contributed by atoms with van der Waals surface area (Å²) >= 11 is 8.19. The van der Waals surface area contributed by atoms with E-state index in [1.807, 2.05) is 0 Å². The molecule has 10 heteroatoms. The van der Waals surface area contributed by atoms with Crippen LogP contribution in [0.2, 0.25) is 0 Å². The molecule has 0 atom stereocenters. The fourth-order valence-corrected chi connectivity index (χ4v) is 1.44. The Bertz CT molecular complexity index is 497. The van der Waals surface area contributed by atoms with Gasteiger partial charge in [0.15, 0.2) is 3.83 Å². The SMILES string of the molecule is Brc1cnc(I)nc1.FC(F)(F)c1ncc(Br)cn1. The fraction of sp³-hybridized carbons (Fsp3) is 0.111. The first kappa shape index (κ1) is 16.7. The van der Waals surface area contributed by atoms with Crippen LogP contribution in [0.25, 0.3) is 0 Å². The lowest BCUT2D eigenvalue weighted by Crippen LogP contribution is -2.09. The number of hydrogen-bond acceptors (Lipinski definition) is 4. The summed E-state index contributed by atoms with van der Waals surface area (Å²) in [5, 5.41) is 0. The lowest BCUT2D eigenvalue weighted by molar-refractivity contribution is -0.145. The minimum atomic E-state index is -4.46. The molecule has 0 spiro atoms. The van der Waals surface area contributed by atoms with Gasteiger partial charge in [0.1, 0.15) is 0 Å². The van der Waals surface area contributed by atoms with Crippen molar-refractivity contribution in [3.63, 3.8) is 0 Å². The van der Waals surface area contributed by atoms with Crippen molar-refractivity contribution in [2.24, 2.45) is 0 Å². The van der Waals surface area contributed by atoms with Gasteiger partial charge in [-0.3, -0.25) is 0 Å². The molecular formula is C9H4Br2F3IN4. The zero-order chi connectivity index (χ0) is 14.5. The summed E-state index contributed by atoms with van der Waals surface area (Å²) in [6.45, 7) is 0. The number of aromatic nitrogens is 4. The van der Waals surface area contributed by atoms with Crippen LogP contribution in [0.5, 0.6) is 0 Å². The summed E-state index contributed by atoms with van der Waals surface area (Å²) < 4.78 is 37.4. The average molecular weight is 512 g/mol. The summed E-state index contributed by atoms with van der Waals surface area (Å²) in [4.78, 5) is 13.9. The molecule has 0 aliphatic rings. The van der Waals surface area contributed by atoms with Gasteiger partial charge in [0.25, 0.3) is 0 Å². The molecule has 0 bridgehead atoms. The standard InChI is InChI=1S/C5H2BrF3N2.C4H2BrIN2/c6-3-1-10-4(11-2-3)5(7,8)9;5-3-1-7-4(6)8-2-3/h1-2H;1-2H. The summed E-state index contributed by atoms with van der Waals surface area (Å²) in [7, 11) is 0. The van der Waals surface area contributed by atoms with Crippen LogP contribution in [0, 0.1) is 3.83 Å². The Hall–Kier alpha value is -0.360. The van der Waals surface area contributed by atoms with Gasteiger partial charge in [0, 0.05) is 47.4 Å². The first-order valence-corrected chi connectivity index (χ1v) is 7.13. The molecule has 0 saturated carbocycles. The van der Waals surface area contributed by atoms with Crippen molar-refractivity contribution in [3.8, 4) is 0 Å². The van der Waals surface area contributed by atoms with Crippen molar-refractivity contribution in [1.29, 1.82) is 0 Å². The molecule has 2 heterocycles. The molecule has 0 N–H and O–H groups in total. The predicted octanol–water partition coefficient (Wildman–Crippen LogP) is 4.10. The van der Waals surface area contributed by atoms with Gasteiger partial charge in [0.05, 0.1) is 8.95 Å². The third-order valence-electron chi connectivity index (χ3n) is 1.46. The Morgan fingerprint density at radius 1 is 0.842 bits per heavy atom. The Morgan fingerprint density at radius 2 is 1.21 bits per heavy atom. The maximum absolute atomic E-state index is 11.8. The van der Waals surface area contributed by atoms with Crippen LogP contribution in [0.4, 0.5) is 13.2 Å². The number of hydrogen-bond donors (Lipinski definition) is 0. The quantitative estimate of drug-likeness (QED) is 0.395. The molecular weight excluding hydrogens is 508 g/mol. The molecule has 0 radical (unpaired) electrons. The Balaban J connectivity index is 0.000000200. The Kier molecular flexibility index (Phi) is 6.53. The van der Waals surface area contributed by atoms with Crippen molar-refractivity contribution in [3.05, 3.63) is 43.4 Å². The number of halogens is 6. The van der Waals surface area contributed by atoms with Crippen molar-refractivity contribution in [2.75, 3.05) is 0 Å². The van der Waals surface area contributed by atoms with E-state index in [4.69, 9.17) is 0 Å². The lowest BCUT2D eigenvalue weighted by atomic mass is 10.5. The van der Waals surface area contributed by atoms with Crippen LogP contribution in [0.1, 0.15) is 5.82 Å². The van der Waals surface area contributed by atoms with E-state index in [0.29, 0.717) is 4.47 Å². The molecule has 2 rings (SSSR count). The highest BCUT2D eigenvalue weighted by atomic mass is 127. The molecule has 0 unspecified atom stereocenters. The molecule has 2 aromatic heterocycles. The van der Waals surface area contributed by atoms with E-state index in [1.165, 1.54) is 0 Å². The van der Waals surface area contributed by atoms with Crippen LogP contribution >= 0.6 is 54.5 Å². The van der Waals surface area contributed by atoms with E-state index in [0.717, 1.165) is 20.7 Å². The molecule has 4 nitrogen and oxygen atoms in total. The number of alkyl halides is 3. The van der Waals surface area contributed by atoms with E-state index >= 15 is 0 Å². The minimum absolute atomic E-state index is 0.422. The Labute approximate surface area is 136 Å². The molecule has 0 saturated heterocycles. The van der Waals surface area contributed by atoms with Gasteiger partial charge in [0.2, 0.25) is 5.82 Å².